The van der Waals surface area contributed by atoms with E-state index in [2.05, 4.69) is 0 Å². The first-order chi connectivity index (χ1) is 7.59. The average Bonchev–Trinajstić information content (AvgIpc) is 2.11. The van der Waals surface area contributed by atoms with Gasteiger partial charge in [-0.3, -0.25) is 0 Å². The van der Waals surface area contributed by atoms with Gasteiger partial charge in [-0.25, -0.2) is 22.4 Å². The highest BCUT2D eigenvalue weighted by molar-refractivity contribution is 6.88. The van der Waals surface area contributed by atoms with Crippen molar-refractivity contribution >= 4 is 19.2 Å². The number of hydrogen-bond donors (Lipinski definition) is 1. The van der Waals surface area contributed by atoms with Crippen LogP contribution in [0.5, 0.6) is 0 Å². The summed E-state index contributed by atoms with van der Waals surface area (Å²) in [5.74, 6) is -9.06. The van der Waals surface area contributed by atoms with Crippen LogP contribution in [0, 0.1) is 23.3 Å². The van der Waals surface area contributed by atoms with E-state index in [1.54, 1.807) is 0 Å². The summed E-state index contributed by atoms with van der Waals surface area (Å²) >= 11 is 0. The molecule has 94 valence electrons. The number of benzene rings is 1. The van der Waals surface area contributed by atoms with Crippen molar-refractivity contribution in [2.75, 3.05) is 0 Å². The van der Waals surface area contributed by atoms with E-state index in [4.69, 9.17) is 5.11 Å². The highest BCUT2D eigenvalue weighted by atomic mass is 28.3. The van der Waals surface area contributed by atoms with Crippen LogP contribution in [-0.4, -0.2) is 19.1 Å². The van der Waals surface area contributed by atoms with Crippen LogP contribution in [-0.2, 0) is 0 Å². The van der Waals surface area contributed by atoms with Crippen molar-refractivity contribution < 1.29 is 27.5 Å². The second kappa shape index (κ2) is 4.14. The van der Waals surface area contributed by atoms with Gasteiger partial charge in [-0.1, -0.05) is 19.6 Å². The third-order valence-electron chi connectivity index (χ3n) is 2.23. The van der Waals surface area contributed by atoms with Crippen molar-refractivity contribution in [3.05, 3.63) is 28.8 Å². The smallest absolute Gasteiger partial charge is 0.341 e. The summed E-state index contributed by atoms with van der Waals surface area (Å²) in [6.07, 6.45) is 0. The van der Waals surface area contributed by atoms with Crippen molar-refractivity contribution in [1.29, 1.82) is 0 Å². The quantitative estimate of drug-likeness (QED) is 0.386. The van der Waals surface area contributed by atoms with Crippen LogP contribution in [0.1, 0.15) is 10.4 Å². The van der Waals surface area contributed by atoms with Gasteiger partial charge in [0.05, 0.1) is 8.07 Å². The van der Waals surface area contributed by atoms with Crippen LogP contribution in [0.4, 0.5) is 17.6 Å². The third kappa shape index (κ3) is 2.19. The van der Waals surface area contributed by atoms with Crippen LogP contribution in [0.3, 0.4) is 0 Å². The van der Waals surface area contributed by atoms with Gasteiger partial charge in [0.1, 0.15) is 11.4 Å². The standard InChI is InChI=1S/C10H10F4O2Si/c1-17(2,3)9-6(12)4(10(15)16)5(11)7(13)8(9)14/h1-3H3,(H,15,16). The van der Waals surface area contributed by atoms with E-state index in [1.807, 2.05) is 0 Å². The lowest BCUT2D eigenvalue weighted by Gasteiger charge is -2.20. The lowest BCUT2D eigenvalue weighted by atomic mass is 10.2. The molecule has 0 saturated heterocycles. The fourth-order valence-corrected chi connectivity index (χ4v) is 3.03. The van der Waals surface area contributed by atoms with Crippen molar-refractivity contribution in [1.82, 2.24) is 0 Å². The van der Waals surface area contributed by atoms with E-state index < -0.39 is 48.1 Å². The molecule has 0 aromatic heterocycles. The molecule has 0 heterocycles. The van der Waals surface area contributed by atoms with Crippen molar-refractivity contribution in [3.63, 3.8) is 0 Å². The van der Waals surface area contributed by atoms with Crippen LogP contribution < -0.4 is 5.19 Å². The molecule has 0 aliphatic carbocycles. The van der Waals surface area contributed by atoms with Gasteiger partial charge in [-0.2, -0.15) is 0 Å². The molecular weight excluding hydrogens is 256 g/mol. The van der Waals surface area contributed by atoms with Gasteiger partial charge in [0.25, 0.3) is 0 Å². The number of rotatable bonds is 2. The number of halogens is 4. The van der Waals surface area contributed by atoms with Gasteiger partial charge in [-0.15, -0.1) is 0 Å². The summed E-state index contributed by atoms with van der Waals surface area (Å²) in [7, 11) is -2.67. The molecule has 0 atom stereocenters. The lowest BCUT2D eigenvalue weighted by molar-refractivity contribution is 0.0685. The van der Waals surface area contributed by atoms with Crippen molar-refractivity contribution in [2.45, 2.75) is 19.6 Å². The number of carbonyl (C=O) groups is 1. The molecule has 0 aliphatic rings. The molecule has 0 fully saturated rings. The second-order valence-electron chi connectivity index (χ2n) is 4.56. The van der Waals surface area contributed by atoms with Crippen LogP contribution >= 0.6 is 0 Å². The largest absolute Gasteiger partial charge is 0.477 e. The highest BCUT2D eigenvalue weighted by Gasteiger charge is 2.34. The predicted octanol–water partition coefficient (Wildman–Crippen LogP) is 2.49. The Morgan fingerprint density at radius 1 is 0.941 bits per heavy atom. The Morgan fingerprint density at radius 3 is 1.76 bits per heavy atom. The second-order valence-corrected chi connectivity index (χ2v) is 9.56. The van der Waals surface area contributed by atoms with Gasteiger partial charge in [0, 0.05) is 5.19 Å². The summed E-state index contributed by atoms with van der Waals surface area (Å²) < 4.78 is 53.5. The zero-order chi connectivity index (χ0) is 13.5. The van der Waals surface area contributed by atoms with Crippen LogP contribution in [0.2, 0.25) is 19.6 Å². The van der Waals surface area contributed by atoms with Crippen LogP contribution in [0.25, 0.3) is 0 Å². The molecule has 0 saturated carbocycles. The van der Waals surface area contributed by atoms with E-state index in [1.165, 1.54) is 19.6 Å². The SMILES string of the molecule is C[Si](C)(C)c1c(F)c(F)c(F)c(C(=O)O)c1F. The fraction of sp³-hybridized carbons (Fsp3) is 0.300. The maximum atomic E-state index is 13.7. The molecule has 17 heavy (non-hydrogen) atoms. The Labute approximate surface area is 95.9 Å². The monoisotopic (exact) mass is 266 g/mol. The van der Waals surface area contributed by atoms with Crippen molar-refractivity contribution in [3.8, 4) is 0 Å². The first-order valence-corrected chi connectivity index (χ1v) is 8.18. The van der Waals surface area contributed by atoms with Gasteiger partial charge < -0.3 is 5.11 Å². The third-order valence-corrected chi connectivity index (χ3v) is 4.17. The topological polar surface area (TPSA) is 37.3 Å². The molecular formula is C10H10F4O2Si. The first kappa shape index (κ1) is 13.7. The van der Waals surface area contributed by atoms with E-state index in [0.29, 0.717) is 0 Å². The summed E-state index contributed by atoms with van der Waals surface area (Å²) in [5.41, 5.74) is -1.44. The maximum Gasteiger partial charge on any atom is 0.341 e. The molecule has 0 amide bonds. The molecule has 0 unspecified atom stereocenters. The normalized spacial score (nSPS) is 11.7. The van der Waals surface area contributed by atoms with E-state index >= 15 is 0 Å². The molecule has 0 radical (unpaired) electrons. The molecule has 1 aromatic rings. The summed E-state index contributed by atoms with van der Waals surface area (Å²) in [4.78, 5) is 10.6. The predicted molar refractivity (Wildman–Crippen MR) is 56.2 cm³/mol. The molecule has 0 aliphatic heterocycles. The number of aromatic carboxylic acids is 1. The Hall–Kier alpha value is -1.37. The Bertz CT molecular complexity index is 494. The van der Waals surface area contributed by atoms with Crippen molar-refractivity contribution in [2.24, 2.45) is 0 Å². The molecule has 0 bridgehead atoms. The zero-order valence-electron chi connectivity index (χ0n) is 9.37. The van der Waals surface area contributed by atoms with Gasteiger partial charge in [0.15, 0.2) is 17.5 Å². The van der Waals surface area contributed by atoms with E-state index in [-0.39, 0.29) is 0 Å². The summed E-state index contributed by atoms with van der Waals surface area (Å²) in [5, 5.41) is 7.95. The molecule has 2 nitrogen and oxygen atoms in total. The summed E-state index contributed by atoms with van der Waals surface area (Å²) in [6.45, 7) is 4.49. The molecule has 7 heteroatoms. The minimum absolute atomic E-state index is 0.645. The Balaban J connectivity index is 3.81. The fourth-order valence-electron chi connectivity index (χ4n) is 1.48. The first-order valence-electron chi connectivity index (χ1n) is 4.68. The van der Waals surface area contributed by atoms with Gasteiger partial charge in [-0.05, 0) is 0 Å². The number of hydrogen-bond acceptors (Lipinski definition) is 1. The molecule has 1 aromatic carbocycles. The Morgan fingerprint density at radius 2 is 1.41 bits per heavy atom. The average molecular weight is 266 g/mol. The number of carboxylic acids is 1. The lowest BCUT2D eigenvalue weighted by Crippen LogP contribution is -2.44. The maximum absolute atomic E-state index is 13.7. The van der Waals surface area contributed by atoms with Crippen LogP contribution in [0.15, 0.2) is 0 Å². The number of carboxylic acid groups (broad SMARTS) is 1. The van der Waals surface area contributed by atoms with E-state index in [0.717, 1.165) is 0 Å². The molecule has 0 spiro atoms. The molecule has 1 N–H and O–H groups in total. The highest BCUT2D eigenvalue weighted by Crippen LogP contribution is 2.21. The molecule has 1 rings (SSSR count). The zero-order valence-corrected chi connectivity index (χ0v) is 10.4. The summed E-state index contributed by atoms with van der Waals surface area (Å²) in [6, 6.07) is 0. The Kier molecular flexibility index (Phi) is 3.33. The minimum Gasteiger partial charge on any atom is -0.477 e. The van der Waals surface area contributed by atoms with E-state index in [9.17, 15) is 22.4 Å². The minimum atomic E-state index is -2.67. The van der Waals surface area contributed by atoms with Gasteiger partial charge in [0.2, 0.25) is 0 Å². The van der Waals surface area contributed by atoms with Gasteiger partial charge >= 0.3 is 5.97 Å².